The Kier molecular flexibility index (Phi) is 6.09. The van der Waals surface area contributed by atoms with Gasteiger partial charge in [-0.2, -0.15) is 13.9 Å². The highest BCUT2D eigenvalue weighted by molar-refractivity contribution is 5.78. The maximum atomic E-state index is 12.1. The van der Waals surface area contributed by atoms with Gasteiger partial charge in [0.1, 0.15) is 18.4 Å². The van der Waals surface area contributed by atoms with Crippen molar-refractivity contribution < 1.29 is 18.3 Å². The van der Waals surface area contributed by atoms with Crippen LogP contribution in [0.25, 0.3) is 0 Å². The van der Waals surface area contributed by atoms with Crippen molar-refractivity contribution in [3.8, 4) is 5.75 Å². The predicted octanol–water partition coefficient (Wildman–Crippen LogP) is 2.79. The number of carbonyl (C=O) groups is 1. The first kappa shape index (κ1) is 18.5. The van der Waals surface area contributed by atoms with E-state index in [2.05, 4.69) is 20.1 Å². The van der Waals surface area contributed by atoms with Crippen molar-refractivity contribution in [2.75, 3.05) is 0 Å². The zero-order chi connectivity index (χ0) is 19.1. The second-order valence-corrected chi connectivity index (χ2v) is 5.89. The summed E-state index contributed by atoms with van der Waals surface area (Å²) in [6.45, 7) is -1.81. The van der Waals surface area contributed by atoms with Crippen LogP contribution in [-0.4, -0.2) is 27.3 Å². The highest BCUT2D eigenvalue weighted by Crippen LogP contribution is 2.15. The van der Waals surface area contributed by atoms with Crippen LogP contribution in [0.2, 0.25) is 0 Å². The molecule has 27 heavy (non-hydrogen) atoms. The third-order valence-corrected chi connectivity index (χ3v) is 3.84. The topological polar surface area (TPSA) is 69.0 Å². The number of alkyl halides is 2. The highest BCUT2D eigenvalue weighted by Gasteiger charge is 2.06. The molecule has 0 aliphatic rings. The number of nitrogens with one attached hydrogen (secondary N) is 1. The largest absolute Gasteiger partial charge is 0.435 e. The standard InChI is InChI=1S/C19H18F2N4O2/c20-19(21)27-17-7-5-14(6-8-17)9-18(26)23-10-15-1-3-16(4-2-15)11-25-13-22-12-24-25/h1-8,12-13,19H,9-11H2,(H,23,26). The number of carbonyl (C=O) groups excluding carboxylic acids is 1. The van der Waals surface area contributed by atoms with Gasteiger partial charge in [-0.25, -0.2) is 9.67 Å². The fraction of sp³-hybridized carbons (Fsp3) is 0.211. The van der Waals surface area contributed by atoms with Crippen molar-refractivity contribution in [3.05, 3.63) is 77.9 Å². The molecule has 0 radical (unpaired) electrons. The summed E-state index contributed by atoms with van der Waals surface area (Å²) in [5, 5.41) is 6.90. The highest BCUT2D eigenvalue weighted by atomic mass is 19.3. The van der Waals surface area contributed by atoms with Crippen LogP contribution in [0.1, 0.15) is 16.7 Å². The molecule has 0 spiro atoms. The Labute approximate surface area is 154 Å². The summed E-state index contributed by atoms with van der Waals surface area (Å²) in [5.41, 5.74) is 2.78. The van der Waals surface area contributed by atoms with Crippen molar-refractivity contribution in [2.24, 2.45) is 0 Å². The molecule has 0 aliphatic heterocycles. The maximum absolute atomic E-state index is 12.1. The van der Waals surface area contributed by atoms with Crippen LogP contribution in [0.4, 0.5) is 8.78 Å². The average Bonchev–Trinajstić information content (AvgIpc) is 3.15. The Bertz CT molecular complexity index is 850. The van der Waals surface area contributed by atoms with E-state index in [9.17, 15) is 13.6 Å². The molecule has 2 aromatic carbocycles. The number of hydrogen-bond donors (Lipinski definition) is 1. The number of nitrogens with zero attached hydrogens (tertiary/aromatic N) is 3. The van der Waals surface area contributed by atoms with E-state index in [0.29, 0.717) is 13.1 Å². The second-order valence-electron chi connectivity index (χ2n) is 5.89. The van der Waals surface area contributed by atoms with Crippen molar-refractivity contribution in [1.29, 1.82) is 0 Å². The first-order valence-electron chi connectivity index (χ1n) is 8.29. The summed E-state index contributed by atoms with van der Waals surface area (Å²) in [7, 11) is 0. The quantitative estimate of drug-likeness (QED) is 0.660. The molecule has 3 aromatic rings. The fourth-order valence-electron chi connectivity index (χ4n) is 2.50. The van der Waals surface area contributed by atoms with Crippen LogP contribution >= 0.6 is 0 Å². The van der Waals surface area contributed by atoms with Gasteiger partial charge in [0.05, 0.1) is 13.0 Å². The third-order valence-electron chi connectivity index (χ3n) is 3.84. The van der Waals surface area contributed by atoms with Crippen molar-refractivity contribution >= 4 is 5.91 Å². The Morgan fingerprint density at radius 3 is 2.33 bits per heavy atom. The average molecular weight is 372 g/mol. The molecule has 0 aliphatic carbocycles. The number of aromatic nitrogens is 3. The molecule has 0 unspecified atom stereocenters. The number of rotatable bonds is 8. The molecule has 1 heterocycles. The van der Waals surface area contributed by atoms with Gasteiger partial charge in [0, 0.05) is 6.54 Å². The van der Waals surface area contributed by atoms with Gasteiger partial charge < -0.3 is 10.1 Å². The molecule has 0 atom stereocenters. The molecule has 1 amide bonds. The summed E-state index contributed by atoms with van der Waals surface area (Å²) >= 11 is 0. The number of amides is 1. The van der Waals surface area contributed by atoms with Gasteiger partial charge in [0.15, 0.2) is 0 Å². The lowest BCUT2D eigenvalue weighted by Gasteiger charge is -2.08. The molecule has 140 valence electrons. The van der Waals surface area contributed by atoms with Gasteiger partial charge in [-0.05, 0) is 28.8 Å². The number of halogens is 2. The van der Waals surface area contributed by atoms with Gasteiger partial charge >= 0.3 is 6.61 Å². The monoisotopic (exact) mass is 372 g/mol. The van der Waals surface area contributed by atoms with Gasteiger partial charge in [-0.3, -0.25) is 4.79 Å². The number of ether oxygens (including phenoxy) is 1. The van der Waals surface area contributed by atoms with Gasteiger partial charge in [0.2, 0.25) is 5.91 Å². The van der Waals surface area contributed by atoms with E-state index in [-0.39, 0.29) is 18.1 Å². The minimum atomic E-state index is -2.86. The Morgan fingerprint density at radius 2 is 1.70 bits per heavy atom. The minimum Gasteiger partial charge on any atom is -0.435 e. The molecular weight excluding hydrogens is 354 g/mol. The van der Waals surface area contributed by atoms with Crippen LogP contribution in [0.3, 0.4) is 0 Å². The summed E-state index contributed by atoms with van der Waals surface area (Å²) in [5.74, 6) is -0.0793. The summed E-state index contributed by atoms with van der Waals surface area (Å²) in [6.07, 6.45) is 3.31. The van der Waals surface area contributed by atoms with Crippen molar-refractivity contribution in [2.45, 2.75) is 26.1 Å². The van der Waals surface area contributed by atoms with E-state index in [4.69, 9.17) is 0 Å². The molecule has 8 heteroatoms. The van der Waals surface area contributed by atoms with Crippen molar-refractivity contribution in [1.82, 2.24) is 20.1 Å². The Hall–Kier alpha value is -3.29. The molecule has 0 saturated heterocycles. The molecule has 1 N–H and O–H groups in total. The molecule has 0 saturated carbocycles. The third kappa shape index (κ3) is 5.88. The van der Waals surface area contributed by atoms with E-state index >= 15 is 0 Å². The molecular formula is C19H18F2N4O2. The van der Waals surface area contributed by atoms with E-state index in [0.717, 1.165) is 16.7 Å². The van der Waals surface area contributed by atoms with Crippen molar-refractivity contribution in [3.63, 3.8) is 0 Å². The molecule has 3 rings (SSSR count). The Morgan fingerprint density at radius 1 is 1.04 bits per heavy atom. The number of benzene rings is 2. The lowest BCUT2D eigenvalue weighted by atomic mass is 10.1. The SMILES string of the molecule is O=C(Cc1ccc(OC(F)F)cc1)NCc1ccc(Cn2cncn2)cc1. The van der Waals surface area contributed by atoms with Crippen LogP contribution in [-0.2, 0) is 24.3 Å². The first-order valence-corrected chi connectivity index (χ1v) is 8.29. The van der Waals surface area contributed by atoms with Crippen LogP contribution in [0.15, 0.2) is 61.2 Å². The Balaban J connectivity index is 1.46. The van der Waals surface area contributed by atoms with Crippen LogP contribution in [0.5, 0.6) is 5.75 Å². The van der Waals surface area contributed by atoms with E-state index in [1.54, 1.807) is 23.1 Å². The molecule has 1 aromatic heterocycles. The molecule has 6 nitrogen and oxygen atoms in total. The normalized spacial score (nSPS) is 10.8. The fourth-order valence-corrected chi connectivity index (χ4v) is 2.50. The van der Waals surface area contributed by atoms with E-state index in [1.165, 1.54) is 18.5 Å². The smallest absolute Gasteiger partial charge is 0.387 e. The van der Waals surface area contributed by atoms with Gasteiger partial charge in [-0.1, -0.05) is 36.4 Å². The summed E-state index contributed by atoms with van der Waals surface area (Å²) in [6, 6.07) is 13.9. The summed E-state index contributed by atoms with van der Waals surface area (Å²) < 4.78 is 30.2. The maximum Gasteiger partial charge on any atom is 0.387 e. The van der Waals surface area contributed by atoms with Crippen LogP contribution in [0, 0.1) is 0 Å². The molecule has 0 bridgehead atoms. The van der Waals surface area contributed by atoms with E-state index in [1.807, 2.05) is 24.3 Å². The minimum absolute atomic E-state index is 0.0696. The zero-order valence-electron chi connectivity index (χ0n) is 14.4. The zero-order valence-corrected chi connectivity index (χ0v) is 14.4. The van der Waals surface area contributed by atoms with Gasteiger partial charge in [0.25, 0.3) is 0 Å². The lowest BCUT2D eigenvalue weighted by molar-refractivity contribution is -0.120. The predicted molar refractivity (Wildman–Crippen MR) is 94.2 cm³/mol. The lowest BCUT2D eigenvalue weighted by Crippen LogP contribution is -2.24. The van der Waals surface area contributed by atoms with Crippen LogP contribution < -0.4 is 10.1 Å². The first-order chi connectivity index (χ1) is 13.1. The van der Waals surface area contributed by atoms with E-state index < -0.39 is 6.61 Å². The molecule has 0 fully saturated rings. The summed E-state index contributed by atoms with van der Waals surface area (Å²) in [4.78, 5) is 15.9. The van der Waals surface area contributed by atoms with Gasteiger partial charge in [-0.15, -0.1) is 0 Å². The second kappa shape index (κ2) is 8.88. The number of hydrogen-bond acceptors (Lipinski definition) is 4.